The molecule has 0 fully saturated rings. The summed E-state index contributed by atoms with van der Waals surface area (Å²) in [5, 5.41) is 6.04. The fourth-order valence-corrected chi connectivity index (χ4v) is 1.78. The second kappa shape index (κ2) is 6.40. The lowest BCUT2D eigenvalue weighted by atomic mass is 10.0. The maximum absolute atomic E-state index is 11.9. The summed E-state index contributed by atoms with van der Waals surface area (Å²) in [4.78, 5) is 11.9. The molecule has 0 bridgehead atoms. The van der Waals surface area contributed by atoms with E-state index in [0.29, 0.717) is 6.54 Å². The van der Waals surface area contributed by atoms with Crippen molar-refractivity contribution in [1.82, 2.24) is 10.6 Å². The average Bonchev–Trinajstić information content (AvgIpc) is 2.29. The smallest absolute Gasteiger partial charge is 0.224 e. The maximum atomic E-state index is 11.9. The second-order valence-electron chi connectivity index (χ2n) is 4.60. The van der Waals surface area contributed by atoms with E-state index in [0.717, 1.165) is 5.56 Å². The van der Waals surface area contributed by atoms with Crippen LogP contribution in [0.2, 0.25) is 0 Å². The molecule has 1 aromatic carbocycles. The third-order valence-electron chi connectivity index (χ3n) is 2.86. The molecule has 0 heterocycles. The molecule has 2 N–H and O–H groups in total. The van der Waals surface area contributed by atoms with E-state index < -0.39 is 0 Å². The summed E-state index contributed by atoms with van der Waals surface area (Å²) in [6.45, 7) is 6.70. The zero-order valence-electron chi connectivity index (χ0n) is 11.1. The first-order chi connectivity index (χ1) is 8.04. The van der Waals surface area contributed by atoms with Gasteiger partial charge in [-0.15, -0.1) is 0 Å². The number of hydrogen-bond donors (Lipinski definition) is 2. The first kappa shape index (κ1) is 13.7. The molecule has 17 heavy (non-hydrogen) atoms. The highest BCUT2D eigenvalue weighted by Crippen LogP contribution is 2.14. The zero-order chi connectivity index (χ0) is 12.8. The van der Waals surface area contributed by atoms with Crippen molar-refractivity contribution in [3.8, 4) is 0 Å². The van der Waals surface area contributed by atoms with Crippen molar-refractivity contribution in [2.75, 3.05) is 13.6 Å². The molecule has 0 saturated heterocycles. The molecule has 3 heteroatoms. The predicted molar refractivity (Wildman–Crippen MR) is 70.8 cm³/mol. The first-order valence-electron chi connectivity index (χ1n) is 6.06. The average molecular weight is 234 g/mol. The van der Waals surface area contributed by atoms with Crippen molar-refractivity contribution in [3.05, 3.63) is 35.4 Å². The molecule has 0 aliphatic rings. The van der Waals surface area contributed by atoms with Crippen molar-refractivity contribution in [3.63, 3.8) is 0 Å². The van der Waals surface area contributed by atoms with Gasteiger partial charge in [-0.05, 0) is 26.5 Å². The number of hydrogen-bond acceptors (Lipinski definition) is 2. The lowest BCUT2D eigenvalue weighted by molar-refractivity contribution is -0.125. The normalized spacial score (nSPS) is 14.1. The van der Waals surface area contributed by atoms with Crippen LogP contribution in [0.3, 0.4) is 0 Å². The van der Waals surface area contributed by atoms with Crippen molar-refractivity contribution in [2.45, 2.75) is 26.8 Å². The van der Waals surface area contributed by atoms with Crippen molar-refractivity contribution >= 4 is 5.91 Å². The van der Waals surface area contributed by atoms with E-state index in [2.05, 4.69) is 29.7 Å². The van der Waals surface area contributed by atoms with Gasteiger partial charge in [-0.3, -0.25) is 4.79 Å². The summed E-state index contributed by atoms with van der Waals surface area (Å²) in [5.41, 5.74) is 2.36. The summed E-state index contributed by atoms with van der Waals surface area (Å²) >= 11 is 0. The second-order valence-corrected chi connectivity index (χ2v) is 4.60. The zero-order valence-corrected chi connectivity index (χ0v) is 11.1. The van der Waals surface area contributed by atoms with Gasteiger partial charge in [0.25, 0.3) is 0 Å². The van der Waals surface area contributed by atoms with Crippen LogP contribution in [0.4, 0.5) is 0 Å². The largest absolute Gasteiger partial charge is 0.349 e. The van der Waals surface area contributed by atoms with E-state index in [4.69, 9.17) is 0 Å². The van der Waals surface area contributed by atoms with Gasteiger partial charge in [-0.1, -0.05) is 36.8 Å². The van der Waals surface area contributed by atoms with Gasteiger partial charge >= 0.3 is 0 Å². The van der Waals surface area contributed by atoms with Gasteiger partial charge in [0.2, 0.25) is 5.91 Å². The standard InChI is InChI=1S/C14H22N2O/c1-10-6-5-7-13(8-10)12(3)16-14(17)11(2)9-15-4/h5-8,11-12,15H,9H2,1-4H3,(H,16,17)/t11?,12-/m1/s1. The molecule has 3 nitrogen and oxygen atoms in total. The Morgan fingerprint density at radius 2 is 2.06 bits per heavy atom. The number of amides is 1. The van der Waals surface area contributed by atoms with Crippen LogP contribution in [0.15, 0.2) is 24.3 Å². The van der Waals surface area contributed by atoms with Crippen molar-refractivity contribution < 1.29 is 4.79 Å². The van der Waals surface area contributed by atoms with Gasteiger partial charge in [-0.2, -0.15) is 0 Å². The Kier molecular flexibility index (Phi) is 5.16. The van der Waals surface area contributed by atoms with Gasteiger partial charge in [0.1, 0.15) is 0 Å². The van der Waals surface area contributed by atoms with E-state index in [1.165, 1.54) is 5.56 Å². The van der Waals surface area contributed by atoms with Crippen LogP contribution in [-0.4, -0.2) is 19.5 Å². The number of aryl methyl sites for hydroxylation is 1. The van der Waals surface area contributed by atoms with Gasteiger partial charge in [0, 0.05) is 12.5 Å². The molecule has 2 atom stereocenters. The Morgan fingerprint density at radius 1 is 1.35 bits per heavy atom. The monoisotopic (exact) mass is 234 g/mol. The summed E-state index contributed by atoms with van der Waals surface area (Å²) in [6.07, 6.45) is 0. The van der Waals surface area contributed by atoms with Gasteiger partial charge < -0.3 is 10.6 Å². The Bertz CT molecular complexity index is 376. The third kappa shape index (κ3) is 4.19. The maximum Gasteiger partial charge on any atom is 0.224 e. The highest BCUT2D eigenvalue weighted by Gasteiger charge is 2.15. The molecule has 0 spiro atoms. The Hall–Kier alpha value is -1.35. The fourth-order valence-electron chi connectivity index (χ4n) is 1.78. The molecule has 0 aliphatic heterocycles. The lowest BCUT2D eigenvalue weighted by Gasteiger charge is -2.18. The molecule has 94 valence electrons. The van der Waals surface area contributed by atoms with Crippen LogP contribution in [-0.2, 0) is 4.79 Å². The molecule has 0 aliphatic carbocycles. The minimum atomic E-state index is -0.00717. The van der Waals surface area contributed by atoms with Crippen LogP contribution >= 0.6 is 0 Å². The van der Waals surface area contributed by atoms with Crippen LogP contribution < -0.4 is 10.6 Å². The highest BCUT2D eigenvalue weighted by atomic mass is 16.1. The quantitative estimate of drug-likeness (QED) is 0.818. The van der Waals surface area contributed by atoms with E-state index in [-0.39, 0.29) is 17.9 Å². The van der Waals surface area contributed by atoms with E-state index in [9.17, 15) is 4.79 Å². The van der Waals surface area contributed by atoms with Gasteiger partial charge in [-0.25, -0.2) is 0 Å². The molecule has 1 rings (SSSR count). The fraction of sp³-hybridized carbons (Fsp3) is 0.500. The van der Waals surface area contributed by atoms with Crippen LogP contribution in [0, 0.1) is 12.8 Å². The Labute approximate surface area is 104 Å². The topological polar surface area (TPSA) is 41.1 Å². The van der Waals surface area contributed by atoms with Crippen LogP contribution in [0.25, 0.3) is 0 Å². The summed E-state index contributed by atoms with van der Waals surface area (Å²) in [7, 11) is 1.85. The first-order valence-corrected chi connectivity index (χ1v) is 6.06. The molecular formula is C14H22N2O. The molecule has 0 saturated carbocycles. The van der Waals surface area contributed by atoms with Gasteiger partial charge in [0.05, 0.1) is 6.04 Å². The summed E-state index contributed by atoms with van der Waals surface area (Å²) in [6, 6.07) is 8.28. The van der Waals surface area contributed by atoms with Crippen LogP contribution in [0.1, 0.15) is 31.0 Å². The Balaban J connectivity index is 2.60. The third-order valence-corrected chi connectivity index (χ3v) is 2.86. The molecule has 1 amide bonds. The predicted octanol–water partition coefficient (Wildman–Crippen LogP) is 2.03. The Morgan fingerprint density at radius 3 is 2.65 bits per heavy atom. The number of carbonyl (C=O) groups excluding carboxylic acids is 1. The van der Waals surface area contributed by atoms with E-state index in [1.807, 2.05) is 33.0 Å². The minimum absolute atomic E-state index is 0.00717. The number of benzene rings is 1. The minimum Gasteiger partial charge on any atom is -0.349 e. The highest BCUT2D eigenvalue weighted by molar-refractivity contribution is 5.78. The van der Waals surface area contributed by atoms with E-state index >= 15 is 0 Å². The summed E-state index contributed by atoms with van der Waals surface area (Å²) < 4.78 is 0. The van der Waals surface area contributed by atoms with Gasteiger partial charge in [0.15, 0.2) is 0 Å². The molecule has 1 aromatic rings. The van der Waals surface area contributed by atoms with Crippen LogP contribution in [0.5, 0.6) is 0 Å². The SMILES string of the molecule is CNCC(C)C(=O)N[C@H](C)c1cccc(C)c1. The van der Waals surface area contributed by atoms with Crippen molar-refractivity contribution in [1.29, 1.82) is 0 Å². The number of carbonyl (C=O) groups is 1. The molecule has 0 radical (unpaired) electrons. The number of nitrogens with one attached hydrogen (secondary N) is 2. The molecule has 0 aromatic heterocycles. The lowest BCUT2D eigenvalue weighted by Crippen LogP contribution is -2.35. The molecular weight excluding hydrogens is 212 g/mol. The molecule has 1 unspecified atom stereocenters. The summed E-state index contributed by atoms with van der Waals surface area (Å²) in [5.74, 6) is 0.0839. The van der Waals surface area contributed by atoms with E-state index in [1.54, 1.807) is 0 Å². The van der Waals surface area contributed by atoms with Crippen molar-refractivity contribution in [2.24, 2.45) is 5.92 Å². The number of rotatable bonds is 5.